The van der Waals surface area contributed by atoms with Gasteiger partial charge in [-0.15, -0.1) is 0 Å². The number of hydrogen-bond donors (Lipinski definition) is 0. The fraction of sp³-hybridized carbons (Fsp3) is 0.0370. The van der Waals surface area contributed by atoms with Crippen molar-refractivity contribution in [3.05, 3.63) is 191 Å². The first-order valence-electron chi connectivity index (χ1n) is 20.2. The first-order valence-corrected chi connectivity index (χ1v) is 20.2. The van der Waals surface area contributed by atoms with Crippen LogP contribution in [0.5, 0.6) is 0 Å². The number of alkyl halides is 6. The smallest absolute Gasteiger partial charge is 0.307 e. The normalized spacial score (nSPS) is 11.7. The van der Waals surface area contributed by atoms with E-state index in [2.05, 4.69) is 24.3 Å². The molecule has 0 amide bonds. The van der Waals surface area contributed by atoms with Crippen molar-refractivity contribution in [2.45, 2.75) is 12.4 Å². The Morgan fingerprint density at radius 2 is 0.788 bits per heavy atom. The summed E-state index contributed by atoms with van der Waals surface area (Å²) in [6, 6.07) is 49.2. The van der Waals surface area contributed by atoms with Gasteiger partial charge >= 0.3 is 12.4 Å². The molecule has 0 fully saturated rings. The molecule has 0 saturated heterocycles. The molecule has 2 heterocycles. The summed E-state index contributed by atoms with van der Waals surface area (Å²) in [5.41, 5.74) is 2.39. The molecule has 10 rings (SSSR count). The van der Waals surface area contributed by atoms with E-state index in [4.69, 9.17) is 0 Å². The Morgan fingerprint density at radius 1 is 0.348 bits per heavy atom. The number of hydrogen-bond acceptors (Lipinski definition) is 4. The van der Waals surface area contributed by atoms with Crippen LogP contribution in [0.2, 0.25) is 0 Å². The molecule has 8 aromatic carbocycles. The summed E-state index contributed by atoms with van der Waals surface area (Å²) in [7, 11) is 0. The molecule has 314 valence electrons. The van der Waals surface area contributed by atoms with Crippen molar-refractivity contribution >= 4 is 43.6 Å². The fourth-order valence-corrected chi connectivity index (χ4v) is 8.94. The van der Waals surface area contributed by atoms with Crippen LogP contribution in [-0.2, 0) is 12.4 Å². The van der Waals surface area contributed by atoms with Crippen LogP contribution in [-0.4, -0.2) is 9.13 Å². The van der Waals surface area contributed by atoms with Gasteiger partial charge in [0.1, 0.15) is 0 Å². The molecular formula is C54H26F6N6. The Morgan fingerprint density at radius 3 is 1.23 bits per heavy atom. The van der Waals surface area contributed by atoms with Gasteiger partial charge in [0.15, 0.2) is 0 Å². The van der Waals surface area contributed by atoms with Crippen LogP contribution >= 0.6 is 0 Å². The number of halogens is 6. The van der Waals surface area contributed by atoms with Gasteiger partial charge in [0.25, 0.3) is 0 Å². The van der Waals surface area contributed by atoms with E-state index >= 15 is 13.2 Å². The lowest BCUT2D eigenvalue weighted by Crippen LogP contribution is -2.12. The Balaban J connectivity index is 1.37. The van der Waals surface area contributed by atoms with E-state index in [0.717, 1.165) is 23.6 Å². The van der Waals surface area contributed by atoms with Crippen molar-refractivity contribution in [1.82, 2.24) is 9.13 Å². The minimum absolute atomic E-state index is 0.0381. The average Bonchev–Trinajstić information content (AvgIpc) is 3.84. The van der Waals surface area contributed by atoms with Crippen LogP contribution in [0.4, 0.5) is 26.3 Å². The van der Waals surface area contributed by atoms with Crippen LogP contribution in [0.1, 0.15) is 33.4 Å². The molecule has 0 radical (unpaired) electrons. The highest BCUT2D eigenvalue weighted by molar-refractivity contribution is 6.13. The maximum absolute atomic E-state index is 15.8. The highest BCUT2D eigenvalue weighted by Crippen LogP contribution is 2.46. The van der Waals surface area contributed by atoms with Crippen LogP contribution < -0.4 is 0 Å². The molecular weight excluding hydrogens is 847 g/mol. The third kappa shape index (κ3) is 6.82. The van der Waals surface area contributed by atoms with Crippen LogP contribution in [0, 0.1) is 45.3 Å². The quantitative estimate of drug-likeness (QED) is 0.161. The van der Waals surface area contributed by atoms with Crippen molar-refractivity contribution in [2.75, 3.05) is 0 Å². The van der Waals surface area contributed by atoms with Crippen molar-refractivity contribution in [3.63, 3.8) is 0 Å². The number of aromatic nitrogens is 2. The van der Waals surface area contributed by atoms with Gasteiger partial charge in [0.2, 0.25) is 0 Å². The van der Waals surface area contributed by atoms with Gasteiger partial charge in [-0.05, 0) is 118 Å². The van der Waals surface area contributed by atoms with Crippen molar-refractivity contribution in [3.8, 4) is 69.0 Å². The Labute approximate surface area is 371 Å². The highest BCUT2D eigenvalue weighted by atomic mass is 19.4. The molecule has 0 unspecified atom stereocenters. The second-order valence-corrected chi connectivity index (χ2v) is 15.7. The molecule has 0 saturated carbocycles. The summed E-state index contributed by atoms with van der Waals surface area (Å²) in [6.07, 6.45) is -9.92. The van der Waals surface area contributed by atoms with E-state index in [1.54, 1.807) is 57.7 Å². The SMILES string of the molecule is N#Cc1cc(C#N)cc(-c2ccc3c4ccccc4n(-c4cc(-c5cccc(C(F)(F)F)c5)c(C(F)(F)F)cc4-n4c5ccccc5c5ccc(-c6cc(C#N)cc(C#N)c6)cc54)c3c2)c1. The molecule has 0 N–H and O–H groups in total. The maximum atomic E-state index is 15.8. The number of benzene rings is 8. The largest absolute Gasteiger partial charge is 0.417 e. The zero-order valence-corrected chi connectivity index (χ0v) is 34.0. The number of rotatable bonds is 5. The van der Waals surface area contributed by atoms with E-state index in [1.165, 1.54) is 24.3 Å². The lowest BCUT2D eigenvalue weighted by molar-refractivity contribution is -0.137. The van der Waals surface area contributed by atoms with Crippen molar-refractivity contribution in [1.29, 1.82) is 21.0 Å². The number of para-hydroxylation sites is 2. The van der Waals surface area contributed by atoms with E-state index in [-0.39, 0.29) is 39.2 Å². The fourth-order valence-electron chi connectivity index (χ4n) is 8.94. The van der Waals surface area contributed by atoms with Gasteiger partial charge in [0.05, 0.1) is 91.1 Å². The van der Waals surface area contributed by atoms with E-state index in [1.807, 2.05) is 60.7 Å². The first-order chi connectivity index (χ1) is 31.8. The van der Waals surface area contributed by atoms with Crippen LogP contribution in [0.15, 0.2) is 158 Å². The lowest BCUT2D eigenvalue weighted by atomic mass is 9.95. The summed E-state index contributed by atoms with van der Waals surface area (Å²) in [5.74, 6) is 0. The minimum Gasteiger partial charge on any atom is -0.307 e. The van der Waals surface area contributed by atoms with E-state index in [9.17, 15) is 34.2 Å². The zero-order chi connectivity index (χ0) is 46.1. The number of nitriles is 4. The molecule has 12 heteroatoms. The van der Waals surface area contributed by atoms with Gasteiger partial charge in [-0.3, -0.25) is 0 Å². The van der Waals surface area contributed by atoms with Gasteiger partial charge in [-0.2, -0.15) is 47.4 Å². The lowest BCUT2D eigenvalue weighted by Gasteiger charge is -2.22. The highest BCUT2D eigenvalue weighted by Gasteiger charge is 2.37. The second kappa shape index (κ2) is 15.3. The molecule has 0 aliphatic rings. The van der Waals surface area contributed by atoms with Gasteiger partial charge < -0.3 is 9.13 Å². The van der Waals surface area contributed by atoms with Gasteiger partial charge in [-0.1, -0.05) is 72.8 Å². The van der Waals surface area contributed by atoms with Crippen LogP contribution in [0.3, 0.4) is 0 Å². The summed E-state index contributed by atoms with van der Waals surface area (Å²) >= 11 is 0. The van der Waals surface area contributed by atoms with E-state index in [0.29, 0.717) is 66.5 Å². The molecule has 0 atom stereocenters. The standard InChI is InChI=1S/C54H26F6N6/c55-53(56,57)40-7-5-6-37(22-40)45-25-51(65-47-10-3-1-8-41(47)43-14-12-35(23-49(43)65)38-18-31(27-61)16-32(19-38)28-62)52(26-46(45)54(58,59)60)66-48-11-4-2-9-42(48)44-15-13-36(24-50(44)66)39-20-33(29-63)17-34(21-39)30-64/h1-26H. The Bertz CT molecular complexity index is 3800. The number of fused-ring (bicyclic) bond motifs is 6. The monoisotopic (exact) mass is 872 g/mol. The predicted octanol–water partition coefficient (Wildman–Crippen LogP) is 14.4. The molecule has 10 aromatic rings. The van der Waals surface area contributed by atoms with Gasteiger partial charge in [-0.25, -0.2) is 0 Å². The second-order valence-electron chi connectivity index (χ2n) is 15.7. The molecule has 0 spiro atoms. The average molecular weight is 873 g/mol. The molecule has 6 nitrogen and oxygen atoms in total. The third-order valence-corrected chi connectivity index (χ3v) is 11.8. The van der Waals surface area contributed by atoms with Crippen LogP contribution in [0.25, 0.3) is 88.4 Å². The third-order valence-electron chi connectivity index (χ3n) is 11.8. The predicted molar refractivity (Wildman–Crippen MR) is 240 cm³/mol. The number of nitrogens with zero attached hydrogens (tertiary/aromatic N) is 6. The van der Waals surface area contributed by atoms with Gasteiger partial charge in [0, 0.05) is 21.5 Å². The molecule has 0 bridgehead atoms. The maximum Gasteiger partial charge on any atom is 0.417 e. The zero-order valence-electron chi connectivity index (χ0n) is 34.0. The molecule has 0 aliphatic carbocycles. The summed E-state index contributed by atoms with van der Waals surface area (Å²) in [5, 5.41) is 42.0. The summed E-state index contributed by atoms with van der Waals surface area (Å²) in [4.78, 5) is 0. The first kappa shape index (κ1) is 40.9. The van der Waals surface area contributed by atoms with E-state index < -0.39 is 29.0 Å². The van der Waals surface area contributed by atoms with Crippen molar-refractivity contribution in [2.24, 2.45) is 0 Å². The minimum atomic E-state index is -5.07. The Kier molecular flexibility index (Phi) is 9.50. The summed E-state index contributed by atoms with van der Waals surface area (Å²) in [6.45, 7) is 0. The molecule has 2 aromatic heterocycles. The van der Waals surface area contributed by atoms with Crippen molar-refractivity contribution < 1.29 is 26.3 Å². The summed E-state index contributed by atoms with van der Waals surface area (Å²) < 4.78 is 93.5. The topological polar surface area (TPSA) is 105 Å². The molecule has 66 heavy (non-hydrogen) atoms. The molecule has 0 aliphatic heterocycles. The Hall–Kier alpha value is -9.10.